The number of aromatic nitrogens is 4. The fraction of sp³-hybridized carbons (Fsp3) is 0.278. The number of rotatable bonds is 3. The summed E-state index contributed by atoms with van der Waals surface area (Å²) < 4.78 is 40.9. The number of alkyl halides is 3. The van der Waals surface area contributed by atoms with Crippen molar-refractivity contribution in [3.8, 4) is 22.5 Å². The average molecular weight is 346 g/mol. The van der Waals surface area contributed by atoms with Crippen molar-refractivity contribution in [3.05, 3.63) is 53.6 Å². The van der Waals surface area contributed by atoms with Crippen LogP contribution >= 0.6 is 0 Å². The van der Waals surface area contributed by atoms with E-state index >= 15 is 0 Å². The fourth-order valence-corrected chi connectivity index (χ4v) is 2.55. The van der Waals surface area contributed by atoms with E-state index < -0.39 is 12.0 Å². The molecule has 1 aromatic carbocycles. The molecule has 0 spiro atoms. The van der Waals surface area contributed by atoms with E-state index in [9.17, 15) is 13.2 Å². The van der Waals surface area contributed by atoms with Gasteiger partial charge in [0, 0.05) is 29.6 Å². The summed E-state index contributed by atoms with van der Waals surface area (Å²) in [5.41, 5.74) is 3.44. The van der Waals surface area contributed by atoms with Crippen molar-refractivity contribution < 1.29 is 13.2 Å². The molecule has 0 bridgehead atoms. The van der Waals surface area contributed by atoms with Crippen molar-refractivity contribution in [3.63, 3.8) is 0 Å². The minimum Gasteiger partial charge on any atom is -0.272 e. The van der Waals surface area contributed by atoms with Gasteiger partial charge in [0.1, 0.15) is 0 Å². The van der Waals surface area contributed by atoms with Crippen LogP contribution in [0.15, 0.2) is 36.5 Å². The van der Waals surface area contributed by atoms with Gasteiger partial charge >= 0.3 is 6.18 Å². The Kier molecular flexibility index (Phi) is 4.32. The molecule has 2 heterocycles. The van der Waals surface area contributed by atoms with Gasteiger partial charge in [-0.2, -0.15) is 18.3 Å². The van der Waals surface area contributed by atoms with Gasteiger partial charge in [0.15, 0.2) is 0 Å². The van der Waals surface area contributed by atoms with Gasteiger partial charge in [-0.05, 0) is 38.5 Å². The van der Waals surface area contributed by atoms with Gasteiger partial charge in [-0.1, -0.05) is 18.2 Å². The van der Waals surface area contributed by atoms with E-state index in [0.717, 1.165) is 17.8 Å². The van der Waals surface area contributed by atoms with Gasteiger partial charge in [0.2, 0.25) is 5.82 Å². The van der Waals surface area contributed by atoms with E-state index in [-0.39, 0.29) is 5.69 Å². The lowest BCUT2D eigenvalue weighted by molar-refractivity contribution is -0.145. The Morgan fingerprint density at radius 1 is 1.04 bits per heavy atom. The molecule has 0 aliphatic rings. The zero-order valence-electron chi connectivity index (χ0n) is 14.1. The number of hydrogen-bond acceptors (Lipinski definition) is 3. The van der Waals surface area contributed by atoms with Crippen LogP contribution in [0.25, 0.3) is 22.5 Å². The number of nitrogens with zero attached hydrogens (tertiary/aromatic N) is 4. The Labute approximate surface area is 143 Å². The van der Waals surface area contributed by atoms with Gasteiger partial charge in [0.05, 0.1) is 11.4 Å². The minimum absolute atomic E-state index is 0.289. The Hall–Kier alpha value is -2.70. The second-order valence-electron chi connectivity index (χ2n) is 5.74. The minimum atomic E-state index is -4.58. The van der Waals surface area contributed by atoms with Crippen LogP contribution in [0, 0.1) is 13.8 Å². The molecule has 0 fully saturated rings. The van der Waals surface area contributed by atoms with Crippen molar-refractivity contribution in [2.45, 2.75) is 33.5 Å². The highest BCUT2D eigenvalue weighted by Gasteiger charge is 2.35. The van der Waals surface area contributed by atoms with E-state index in [2.05, 4.69) is 15.1 Å². The van der Waals surface area contributed by atoms with E-state index in [1.807, 2.05) is 25.3 Å². The highest BCUT2D eigenvalue weighted by Crippen LogP contribution is 2.32. The molecule has 0 saturated heterocycles. The number of benzene rings is 1. The molecule has 0 amide bonds. The number of aryl methyl sites for hydroxylation is 2. The average Bonchev–Trinajstić information content (AvgIpc) is 3.05. The SMILES string of the molecule is CCn1ccc(-c2cccc(-c3nc(C(F)(F)F)nc(C)c3C)c2)n1. The maximum atomic E-state index is 13.0. The molecule has 4 nitrogen and oxygen atoms in total. The maximum Gasteiger partial charge on any atom is 0.451 e. The second-order valence-corrected chi connectivity index (χ2v) is 5.74. The maximum absolute atomic E-state index is 13.0. The predicted molar refractivity (Wildman–Crippen MR) is 88.8 cm³/mol. The lowest BCUT2D eigenvalue weighted by Crippen LogP contribution is -2.13. The van der Waals surface area contributed by atoms with Crippen LogP contribution in [0.4, 0.5) is 13.2 Å². The third-order valence-electron chi connectivity index (χ3n) is 4.04. The standard InChI is InChI=1S/C18H17F3N4/c1-4-25-9-8-15(24-25)13-6-5-7-14(10-13)16-11(2)12(3)22-17(23-16)18(19,20)21/h5-10H,4H2,1-3H3. The Bertz CT molecular complexity index is 913. The highest BCUT2D eigenvalue weighted by atomic mass is 19.4. The number of halogens is 3. The van der Waals surface area contributed by atoms with E-state index in [1.165, 1.54) is 0 Å². The van der Waals surface area contributed by atoms with Crippen molar-refractivity contribution in [2.75, 3.05) is 0 Å². The van der Waals surface area contributed by atoms with Gasteiger partial charge in [0.25, 0.3) is 0 Å². The summed E-state index contributed by atoms with van der Waals surface area (Å²) in [6, 6.07) is 9.09. The first-order valence-electron chi connectivity index (χ1n) is 7.86. The van der Waals surface area contributed by atoms with Crippen LogP contribution in [0.5, 0.6) is 0 Å². The molecule has 3 aromatic rings. The largest absolute Gasteiger partial charge is 0.451 e. The first kappa shape index (κ1) is 17.1. The summed E-state index contributed by atoms with van der Waals surface area (Å²) >= 11 is 0. The highest BCUT2D eigenvalue weighted by molar-refractivity contribution is 5.71. The summed E-state index contributed by atoms with van der Waals surface area (Å²) in [4.78, 5) is 7.34. The molecular weight excluding hydrogens is 329 g/mol. The molecule has 0 N–H and O–H groups in total. The molecule has 3 rings (SSSR count). The zero-order chi connectivity index (χ0) is 18.2. The van der Waals surface area contributed by atoms with Gasteiger partial charge in [-0.3, -0.25) is 4.68 Å². The molecule has 130 valence electrons. The Morgan fingerprint density at radius 3 is 2.40 bits per heavy atom. The molecule has 0 aliphatic heterocycles. The van der Waals surface area contributed by atoms with E-state index in [4.69, 9.17) is 0 Å². The van der Waals surface area contributed by atoms with Gasteiger partial charge in [-0.25, -0.2) is 9.97 Å². The molecule has 2 aromatic heterocycles. The van der Waals surface area contributed by atoms with Crippen molar-refractivity contribution >= 4 is 0 Å². The summed E-state index contributed by atoms with van der Waals surface area (Å²) in [5, 5.41) is 4.43. The van der Waals surface area contributed by atoms with Gasteiger partial charge in [-0.15, -0.1) is 0 Å². The summed E-state index contributed by atoms with van der Waals surface area (Å²) in [7, 11) is 0. The fourth-order valence-electron chi connectivity index (χ4n) is 2.55. The third-order valence-corrected chi connectivity index (χ3v) is 4.04. The molecule has 0 atom stereocenters. The van der Waals surface area contributed by atoms with Crippen molar-refractivity contribution in [2.24, 2.45) is 0 Å². The third kappa shape index (κ3) is 3.40. The first-order chi connectivity index (χ1) is 11.8. The summed E-state index contributed by atoms with van der Waals surface area (Å²) in [6.45, 7) is 6.02. The van der Waals surface area contributed by atoms with Crippen LogP contribution in [-0.4, -0.2) is 19.7 Å². The lowest BCUT2D eigenvalue weighted by Gasteiger charge is -2.12. The molecule has 0 saturated carbocycles. The predicted octanol–water partition coefficient (Wildman–Crippen LogP) is 4.66. The summed E-state index contributed by atoms with van der Waals surface area (Å²) in [6.07, 6.45) is -2.71. The first-order valence-corrected chi connectivity index (χ1v) is 7.86. The Morgan fingerprint density at radius 2 is 1.76 bits per heavy atom. The molecule has 0 aliphatic carbocycles. The zero-order valence-corrected chi connectivity index (χ0v) is 14.1. The monoisotopic (exact) mass is 346 g/mol. The van der Waals surface area contributed by atoms with Crippen LogP contribution in [-0.2, 0) is 12.7 Å². The quantitative estimate of drug-likeness (QED) is 0.693. The molecule has 0 unspecified atom stereocenters. The van der Waals surface area contributed by atoms with Crippen LogP contribution in [0.2, 0.25) is 0 Å². The van der Waals surface area contributed by atoms with Crippen molar-refractivity contribution in [1.29, 1.82) is 0 Å². The Balaban J connectivity index is 2.11. The summed E-state index contributed by atoms with van der Waals surface area (Å²) in [5.74, 6) is -1.12. The lowest BCUT2D eigenvalue weighted by atomic mass is 10.0. The topological polar surface area (TPSA) is 43.6 Å². The van der Waals surface area contributed by atoms with E-state index in [1.54, 1.807) is 36.7 Å². The van der Waals surface area contributed by atoms with Crippen LogP contribution in [0.1, 0.15) is 24.0 Å². The van der Waals surface area contributed by atoms with Gasteiger partial charge < -0.3 is 0 Å². The van der Waals surface area contributed by atoms with Crippen LogP contribution < -0.4 is 0 Å². The molecule has 7 heteroatoms. The smallest absolute Gasteiger partial charge is 0.272 e. The molecule has 25 heavy (non-hydrogen) atoms. The van der Waals surface area contributed by atoms with Crippen molar-refractivity contribution in [1.82, 2.24) is 19.7 Å². The molecular formula is C18H17F3N4. The van der Waals surface area contributed by atoms with Crippen LogP contribution in [0.3, 0.4) is 0 Å². The van der Waals surface area contributed by atoms with E-state index in [0.29, 0.717) is 16.8 Å². The second kappa shape index (κ2) is 6.31. The number of hydrogen-bond donors (Lipinski definition) is 0. The normalized spacial score (nSPS) is 11.8. The molecule has 0 radical (unpaired) electrons.